The van der Waals surface area contributed by atoms with Gasteiger partial charge < -0.3 is 4.98 Å². The predicted octanol–water partition coefficient (Wildman–Crippen LogP) is 3.40. The third-order valence-electron chi connectivity index (χ3n) is 2.85. The predicted molar refractivity (Wildman–Crippen MR) is 68.2 cm³/mol. The summed E-state index contributed by atoms with van der Waals surface area (Å²) in [6.07, 6.45) is 1.76. The molecule has 1 aromatic heterocycles. The summed E-state index contributed by atoms with van der Waals surface area (Å²) in [4.78, 5) is 15.1. The van der Waals surface area contributed by atoms with Crippen LogP contribution in [0, 0.1) is 0 Å². The summed E-state index contributed by atoms with van der Waals surface area (Å²) in [7, 11) is 0. The van der Waals surface area contributed by atoms with Crippen LogP contribution in [0.25, 0.3) is 10.8 Å². The van der Waals surface area contributed by atoms with Crippen LogP contribution < -0.4 is 0 Å². The zero-order chi connectivity index (χ0) is 11.7. The molecular formula is C15H11NO. The minimum atomic E-state index is 0.0285. The first-order chi connectivity index (χ1) is 8.34. The number of hydrogen-bond donors (Lipinski definition) is 1. The van der Waals surface area contributed by atoms with Crippen molar-refractivity contribution in [3.05, 3.63) is 72.1 Å². The number of carbonyl (C=O) groups excluding carboxylic acids is 1. The Morgan fingerprint density at radius 1 is 0.882 bits per heavy atom. The topological polar surface area (TPSA) is 32.9 Å². The Labute approximate surface area is 98.9 Å². The first-order valence-electron chi connectivity index (χ1n) is 5.51. The molecular weight excluding hydrogens is 210 g/mol. The van der Waals surface area contributed by atoms with Crippen LogP contribution in [0.1, 0.15) is 16.1 Å². The molecule has 82 valence electrons. The van der Waals surface area contributed by atoms with Crippen LogP contribution in [0.3, 0.4) is 0 Å². The number of nitrogens with one attached hydrogen (secondary N) is 1. The van der Waals surface area contributed by atoms with Crippen LogP contribution in [0.5, 0.6) is 0 Å². The van der Waals surface area contributed by atoms with Crippen molar-refractivity contribution in [2.24, 2.45) is 0 Å². The summed E-state index contributed by atoms with van der Waals surface area (Å²) < 4.78 is 0. The molecule has 0 fully saturated rings. The van der Waals surface area contributed by atoms with E-state index < -0.39 is 0 Å². The van der Waals surface area contributed by atoms with E-state index in [2.05, 4.69) is 4.98 Å². The van der Waals surface area contributed by atoms with Crippen LogP contribution in [-0.2, 0) is 0 Å². The van der Waals surface area contributed by atoms with Crippen molar-refractivity contribution in [1.29, 1.82) is 0 Å². The maximum atomic E-state index is 12.1. The molecule has 0 saturated heterocycles. The van der Waals surface area contributed by atoms with Crippen molar-refractivity contribution in [3.8, 4) is 0 Å². The number of aromatic amines is 1. The molecule has 0 aliphatic heterocycles. The fourth-order valence-corrected chi connectivity index (χ4v) is 1.96. The monoisotopic (exact) mass is 221 g/mol. The Kier molecular flexibility index (Phi) is 2.26. The molecule has 3 aromatic rings. The van der Waals surface area contributed by atoms with Crippen molar-refractivity contribution in [1.82, 2.24) is 4.98 Å². The van der Waals surface area contributed by atoms with Gasteiger partial charge in [0.1, 0.15) is 0 Å². The average Bonchev–Trinajstić information content (AvgIpc) is 2.91. The van der Waals surface area contributed by atoms with E-state index in [9.17, 15) is 4.79 Å². The van der Waals surface area contributed by atoms with Crippen molar-refractivity contribution in [2.45, 2.75) is 0 Å². The van der Waals surface area contributed by atoms with E-state index in [1.54, 1.807) is 12.3 Å². The molecule has 2 aromatic carbocycles. The van der Waals surface area contributed by atoms with Gasteiger partial charge in [0.05, 0.1) is 5.69 Å². The molecule has 0 amide bonds. The van der Waals surface area contributed by atoms with Gasteiger partial charge in [0.25, 0.3) is 0 Å². The molecule has 0 radical (unpaired) electrons. The van der Waals surface area contributed by atoms with Crippen LogP contribution in [0.15, 0.2) is 60.8 Å². The van der Waals surface area contributed by atoms with E-state index in [0.717, 1.165) is 10.8 Å². The Hall–Kier alpha value is -2.35. The molecule has 0 saturated carbocycles. The third-order valence-corrected chi connectivity index (χ3v) is 2.85. The van der Waals surface area contributed by atoms with Gasteiger partial charge in [0.2, 0.25) is 5.78 Å². The van der Waals surface area contributed by atoms with Crippen molar-refractivity contribution in [2.75, 3.05) is 0 Å². The smallest absolute Gasteiger partial charge is 0.209 e. The highest BCUT2D eigenvalue weighted by atomic mass is 16.1. The normalized spacial score (nSPS) is 10.6. The van der Waals surface area contributed by atoms with E-state index in [1.807, 2.05) is 48.5 Å². The van der Waals surface area contributed by atoms with Crippen molar-refractivity contribution >= 4 is 16.6 Å². The van der Waals surface area contributed by atoms with E-state index in [1.165, 1.54) is 0 Å². The minimum Gasteiger partial charge on any atom is -0.359 e. The summed E-state index contributed by atoms with van der Waals surface area (Å²) >= 11 is 0. The molecule has 3 rings (SSSR count). The second-order valence-electron chi connectivity index (χ2n) is 3.97. The second-order valence-corrected chi connectivity index (χ2v) is 3.97. The molecule has 17 heavy (non-hydrogen) atoms. The molecule has 1 heterocycles. The fourth-order valence-electron chi connectivity index (χ4n) is 1.96. The Balaban J connectivity index is 2.09. The number of aromatic nitrogens is 1. The number of rotatable bonds is 2. The summed E-state index contributed by atoms with van der Waals surface area (Å²) in [5, 5.41) is 2.24. The Morgan fingerprint density at radius 3 is 2.47 bits per heavy atom. The van der Waals surface area contributed by atoms with E-state index in [-0.39, 0.29) is 5.78 Å². The van der Waals surface area contributed by atoms with Gasteiger partial charge in [-0.15, -0.1) is 0 Å². The number of fused-ring (bicyclic) bond motifs is 1. The summed E-state index contributed by atoms with van der Waals surface area (Å²) in [5.74, 6) is 0.0285. The lowest BCUT2D eigenvalue weighted by Crippen LogP contribution is -2.01. The van der Waals surface area contributed by atoms with Gasteiger partial charge in [-0.25, -0.2) is 0 Å². The molecule has 1 N–H and O–H groups in total. The van der Waals surface area contributed by atoms with Crippen LogP contribution in [0.4, 0.5) is 0 Å². The van der Waals surface area contributed by atoms with E-state index >= 15 is 0 Å². The second kappa shape index (κ2) is 3.91. The maximum Gasteiger partial charge on any atom is 0.209 e. The number of H-pyrrole nitrogens is 1. The SMILES string of the molecule is O=C(c1ccc2ccccc2c1)c1ccc[nH]1. The first-order valence-corrected chi connectivity index (χ1v) is 5.51. The quantitative estimate of drug-likeness (QED) is 0.661. The lowest BCUT2D eigenvalue weighted by atomic mass is 10.0. The molecule has 2 nitrogen and oxygen atoms in total. The van der Waals surface area contributed by atoms with E-state index in [4.69, 9.17) is 0 Å². The molecule has 0 aliphatic rings. The van der Waals surface area contributed by atoms with Crippen molar-refractivity contribution in [3.63, 3.8) is 0 Å². The third kappa shape index (κ3) is 1.74. The highest BCUT2D eigenvalue weighted by Crippen LogP contribution is 2.17. The molecule has 0 unspecified atom stereocenters. The summed E-state index contributed by atoms with van der Waals surface area (Å²) in [6, 6.07) is 17.4. The molecule has 0 spiro atoms. The summed E-state index contributed by atoms with van der Waals surface area (Å²) in [5.41, 5.74) is 1.34. The van der Waals surface area contributed by atoms with Crippen LogP contribution >= 0.6 is 0 Å². The largest absolute Gasteiger partial charge is 0.359 e. The standard InChI is InChI=1S/C15H11NO/c17-15(14-6-3-9-16-14)13-8-7-11-4-1-2-5-12(11)10-13/h1-10,16H. The van der Waals surface area contributed by atoms with E-state index in [0.29, 0.717) is 11.3 Å². The molecule has 2 heteroatoms. The lowest BCUT2D eigenvalue weighted by Gasteiger charge is -2.01. The van der Waals surface area contributed by atoms with Gasteiger partial charge in [-0.3, -0.25) is 4.79 Å². The van der Waals surface area contributed by atoms with Crippen molar-refractivity contribution < 1.29 is 4.79 Å². The van der Waals surface area contributed by atoms with Crippen LogP contribution in [-0.4, -0.2) is 10.8 Å². The zero-order valence-electron chi connectivity index (χ0n) is 9.18. The first kappa shape index (κ1) is 9.85. The van der Waals surface area contributed by atoms with Gasteiger partial charge in [-0.05, 0) is 29.0 Å². The number of carbonyl (C=O) groups is 1. The lowest BCUT2D eigenvalue weighted by molar-refractivity contribution is 0.103. The molecule has 0 atom stereocenters. The summed E-state index contributed by atoms with van der Waals surface area (Å²) in [6.45, 7) is 0. The maximum absolute atomic E-state index is 12.1. The average molecular weight is 221 g/mol. The number of hydrogen-bond acceptors (Lipinski definition) is 1. The van der Waals surface area contributed by atoms with Gasteiger partial charge in [-0.2, -0.15) is 0 Å². The highest BCUT2D eigenvalue weighted by Gasteiger charge is 2.09. The van der Waals surface area contributed by atoms with Gasteiger partial charge in [-0.1, -0.05) is 36.4 Å². The Morgan fingerprint density at radius 2 is 1.71 bits per heavy atom. The van der Waals surface area contributed by atoms with Gasteiger partial charge in [0.15, 0.2) is 0 Å². The zero-order valence-corrected chi connectivity index (χ0v) is 9.18. The van der Waals surface area contributed by atoms with Gasteiger partial charge in [0, 0.05) is 11.8 Å². The number of benzene rings is 2. The van der Waals surface area contributed by atoms with Gasteiger partial charge >= 0.3 is 0 Å². The highest BCUT2D eigenvalue weighted by molar-refractivity contribution is 6.09. The Bertz CT molecular complexity index is 668. The fraction of sp³-hybridized carbons (Fsp3) is 0. The molecule has 0 aliphatic carbocycles. The number of ketones is 1. The molecule has 0 bridgehead atoms. The van der Waals surface area contributed by atoms with Crippen LogP contribution in [0.2, 0.25) is 0 Å². The minimum absolute atomic E-state index is 0.0285.